The lowest BCUT2D eigenvalue weighted by atomic mass is 10.2. The normalized spacial score (nSPS) is 23.9. The highest BCUT2D eigenvalue weighted by atomic mass is 35.5. The molecule has 3 unspecified atom stereocenters. The van der Waals surface area contributed by atoms with Crippen molar-refractivity contribution in [3.63, 3.8) is 0 Å². The number of thioether (sulfide) groups is 1. The Bertz CT molecular complexity index is 1290. The molecule has 0 amide bonds. The van der Waals surface area contributed by atoms with E-state index in [2.05, 4.69) is 11.0 Å². The number of benzene rings is 2. The average molecular weight is 606 g/mol. The molecule has 9 nitrogen and oxygen atoms in total. The van der Waals surface area contributed by atoms with E-state index >= 15 is 0 Å². The first-order valence-corrected chi connectivity index (χ1v) is 16.3. The molecule has 2 aromatic rings. The van der Waals surface area contributed by atoms with E-state index in [0.717, 1.165) is 61.1 Å². The number of aromatic hydroxyl groups is 1. The monoisotopic (exact) mass is 605 g/mol. The Balaban J connectivity index is 1.08. The topological polar surface area (TPSA) is 86.7 Å². The lowest BCUT2D eigenvalue weighted by Gasteiger charge is -2.32. The Hall–Kier alpha value is -2.30. The number of epoxide rings is 1. The molecule has 2 saturated heterocycles. The number of hydrogen-bond acceptors (Lipinski definition) is 8. The Kier molecular flexibility index (Phi) is 8.84. The van der Waals surface area contributed by atoms with Crippen LogP contribution in [0.1, 0.15) is 25.7 Å². The number of hydrogen-bond donors (Lipinski definition) is 3. The number of phenols is 1. The summed E-state index contributed by atoms with van der Waals surface area (Å²) in [6, 6.07) is 18.0. The zero-order chi connectivity index (χ0) is 27.5. The fourth-order valence-electron chi connectivity index (χ4n) is 5.26. The van der Waals surface area contributed by atoms with Crippen LogP contribution in [0.15, 0.2) is 64.9 Å². The number of allylic oxidation sites excluding steroid dienone is 1. The molecule has 212 valence electrons. The number of piperazine rings is 1. The quantitative estimate of drug-likeness (QED) is 0.213. The van der Waals surface area contributed by atoms with Crippen LogP contribution in [-0.4, -0.2) is 71.0 Å². The van der Waals surface area contributed by atoms with Crippen molar-refractivity contribution >= 4 is 40.5 Å². The SMILES string of the molecule is Oc1ccccc1SC[S+](O)OC[NH+]1CCN(C2=C(OC3CCCC3)C3OC3N(c3cccc(Cl)c3)[N+]#C2)CC1. The Morgan fingerprint density at radius 2 is 1.95 bits per heavy atom. The number of phenolic OH excluding ortho intramolecular Hbond substituents is 1. The average Bonchev–Trinajstić information content (AvgIpc) is 3.60. The summed E-state index contributed by atoms with van der Waals surface area (Å²) in [7, 11) is 0. The van der Waals surface area contributed by atoms with Crippen LogP contribution < -0.4 is 9.91 Å². The van der Waals surface area contributed by atoms with E-state index in [-0.39, 0.29) is 24.2 Å². The summed E-state index contributed by atoms with van der Waals surface area (Å²) in [6.07, 6.45) is 4.27. The van der Waals surface area contributed by atoms with Crippen molar-refractivity contribution in [1.29, 1.82) is 0 Å². The van der Waals surface area contributed by atoms with Crippen molar-refractivity contribution in [2.24, 2.45) is 0 Å². The van der Waals surface area contributed by atoms with Crippen LogP contribution in [0.3, 0.4) is 0 Å². The van der Waals surface area contributed by atoms with Crippen molar-refractivity contribution in [2.45, 2.75) is 49.0 Å². The first-order chi connectivity index (χ1) is 19.5. The molecule has 1 aliphatic carbocycles. The molecule has 4 aliphatic rings. The number of para-hydroxylation sites is 1. The second kappa shape index (κ2) is 12.7. The number of nitrogens with zero attached hydrogens (tertiary/aromatic N) is 3. The van der Waals surface area contributed by atoms with E-state index in [1.807, 2.05) is 41.4 Å². The lowest BCUT2D eigenvalue weighted by molar-refractivity contribution is -0.919. The number of rotatable bonds is 10. The van der Waals surface area contributed by atoms with Gasteiger partial charge in [0.2, 0.25) is 23.7 Å². The molecule has 0 aromatic heterocycles. The van der Waals surface area contributed by atoms with Gasteiger partial charge in [-0.2, -0.15) is 4.55 Å². The van der Waals surface area contributed by atoms with Gasteiger partial charge in [0.15, 0.2) is 11.9 Å². The fourth-order valence-corrected chi connectivity index (χ4v) is 7.32. The summed E-state index contributed by atoms with van der Waals surface area (Å²) in [4.78, 5) is 8.99. The largest absolute Gasteiger partial charge is 0.507 e. The van der Waals surface area contributed by atoms with Gasteiger partial charge in [-0.05, 0) is 61.0 Å². The van der Waals surface area contributed by atoms with Gasteiger partial charge in [0, 0.05) is 5.02 Å². The number of quaternary nitrogens is 1. The van der Waals surface area contributed by atoms with Crippen molar-refractivity contribution in [3.8, 4) is 11.8 Å². The molecule has 2 aromatic carbocycles. The van der Waals surface area contributed by atoms with E-state index < -0.39 is 11.5 Å². The number of halogens is 1. The first kappa shape index (κ1) is 27.8. The zero-order valence-electron chi connectivity index (χ0n) is 22.1. The minimum atomic E-state index is -1.20. The Morgan fingerprint density at radius 1 is 1.15 bits per heavy atom. The minimum Gasteiger partial charge on any atom is -0.507 e. The van der Waals surface area contributed by atoms with Crippen LogP contribution in [0.4, 0.5) is 5.69 Å². The van der Waals surface area contributed by atoms with E-state index in [4.69, 9.17) is 30.2 Å². The summed E-state index contributed by atoms with van der Waals surface area (Å²) < 4.78 is 28.9. The van der Waals surface area contributed by atoms with Crippen LogP contribution >= 0.6 is 23.4 Å². The standard InChI is InChI=1S/C28H32ClN4O5S2/c29-20-6-5-7-21(16-20)33-28-27(38-28)26(37-22-8-1-2-9-22)23(17-30-33)32-14-12-31(13-15-32)18-36-40(35)19-39-25-11-4-3-10-24(25)34/h3-7,10-11,16,22,27-28,35H,1-2,8-9,12-15,18-19H2/q+1/p+2. The molecule has 3 heterocycles. The van der Waals surface area contributed by atoms with Gasteiger partial charge in [-0.25, -0.2) is 0 Å². The molecule has 6 rings (SSSR count). The molecule has 3 N–H and O–H groups in total. The highest BCUT2D eigenvalue weighted by molar-refractivity contribution is 8.11. The highest BCUT2D eigenvalue weighted by Gasteiger charge is 2.57. The number of nitrogens with one attached hydrogen (secondary N) is 1. The molecule has 3 atom stereocenters. The maximum absolute atomic E-state index is 10.4. The summed E-state index contributed by atoms with van der Waals surface area (Å²) in [5.74, 6) is 1.05. The van der Waals surface area contributed by atoms with Gasteiger partial charge in [-0.1, -0.05) is 45.7 Å². The molecule has 3 fully saturated rings. The van der Waals surface area contributed by atoms with Gasteiger partial charge < -0.3 is 24.4 Å². The maximum atomic E-state index is 10.4. The highest BCUT2D eigenvalue weighted by Crippen LogP contribution is 2.41. The third-order valence-corrected chi connectivity index (χ3v) is 10.1. The number of fused-ring (bicyclic) bond motifs is 1. The van der Waals surface area contributed by atoms with Crippen molar-refractivity contribution < 1.29 is 28.2 Å². The Morgan fingerprint density at radius 3 is 2.73 bits per heavy atom. The summed E-state index contributed by atoms with van der Waals surface area (Å²) in [5, 5.41) is 12.8. The molecule has 40 heavy (non-hydrogen) atoms. The molecular formula is C28H34ClN4O5S2+3. The predicted octanol–water partition coefficient (Wildman–Crippen LogP) is 3.94. The molecular weight excluding hydrogens is 572 g/mol. The van der Waals surface area contributed by atoms with Gasteiger partial charge in [-0.15, -0.1) is 0 Å². The fraction of sp³-hybridized carbons (Fsp3) is 0.464. The first-order valence-electron chi connectivity index (χ1n) is 13.7. The Labute approximate surface area is 246 Å². The third kappa shape index (κ3) is 6.60. The van der Waals surface area contributed by atoms with Crippen LogP contribution in [0, 0.1) is 6.07 Å². The second-order valence-electron chi connectivity index (χ2n) is 10.3. The van der Waals surface area contributed by atoms with Crippen molar-refractivity contribution in [2.75, 3.05) is 43.0 Å². The van der Waals surface area contributed by atoms with E-state index in [0.29, 0.717) is 16.8 Å². The number of ether oxygens (including phenoxy) is 2. The summed E-state index contributed by atoms with van der Waals surface area (Å²) in [5.41, 5.74) is 1.73. The van der Waals surface area contributed by atoms with E-state index in [9.17, 15) is 9.66 Å². The predicted molar refractivity (Wildman–Crippen MR) is 157 cm³/mol. The second-order valence-corrected chi connectivity index (χ2v) is 13.3. The van der Waals surface area contributed by atoms with Gasteiger partial charge in [0.05, 0.1) is 42.1 Å². The van der Waals surface area contributed by atoms with Crippen LogP contribution in [0.2, 0.25) is 5.02 Å². The van der Waals surface area contributed by atoms with Crippen LogP contribution in [-0.2, 0) is 25.1 Å². The van der Waals surface area contributed by atoms with Gasteiger partial charge in [0.1, 0.15) is 11.4 Å². The smallest absolute Gasteiger partial charge is 0.379 e. The number of anilines is 1. The zero-order valence-corrected chi connectivity index (χ0v) is 24.5. The van der Waals surface area contributed by atoms with Crippen LogP contribution in [0.5, 0.6) is 5.75 Å². The molecule has 12 heteroatoms. The van der Waals surface area contributed by atoms with Crippen molar-refractivity contribution in [3.05, 3.63) is 70.0 Å². The van der Waals surface area contributed by atoms with E-state index in [1.165, 1.54) is 29.5 Å². The third-order valence-electron chi connectivity index (χ3n) is 7.50. The summed E-state index contributed by atoms with van der Waals surface area (Å²) >= 11 is 6.45. The molecule has 0 spiro atoms. The summed E-state index contributed by atoms with van der Waals surface area (Å²) in [6.45, 7) is 3.69. The lowest BCUT2D eigenvalue weighted by Crippen LogP contribution is -3.15. The molecule has 0 bridgehead atoms. The maximum Gasteiger partial charge on any atom is 0.379 e. The molecule has 3 aliphatic heterocycles. The van der Waals surface area contributed by atoms with E-state index in [1.54, 1.807) is 12.1 Å². The van der Waals surface area contributed by atoms with Crippen molar-refractivity contribution in [1.82, 2.24) is 4.90 Å². The molecule has 1 saturated carbocycles. The van der Waals surface area contributed by atoms with Gasteiger partial charge in [-0.3, -0.25) is 0 Å². The molecule has 0 radical (unpaired) electrons. The minimum absolute atomic E-state index is 0.195. The van der Waals surface area contributed by atoms with Gasteiger partial charge >= 0.3 is 17.5 Å². The van der Waals surface area contributed by atoms with Gasteiger partial charge in [0.25, 0.3) is 0 Å². The van der Waals surface area contributed by atoms with Crippen LogP contribution in [0.25, 0.3) is 4.95 Å².